The van der Waals surface area contributed by atoms with Crippen LogP contribution in [0.2, 0.25) is 0 Å². The van der Waals surface area contributed by atoms with Crippen LogP contribution in [-0.4, -0.2) is 26.9 Å². The number of methoxy groups -OCH3 is 1. The molecule has 2 N–H and O–H groups in total. The van der Waals surface area contributed by atoms with Gasteiger partial charge in [0, 0.05) is 12.0 Å². The summed E-state index contributed by atoms with van der Waals surface area (Å²) in [6, 6.07) is 12.7. The first kappa shape index (κ1) is 15.6. The fourth-order valence-corrected chi connectivity index (χ4v) is 3.52. The first-order valence-corrected chi connectivity index (χ1v) is 8.07. The van der Waals surface area contributed by atoms with Crippen molar-refractivity contribution in [2.75, 3.05) is 7.11 Å². The number of urea groups is 1. The van der Waals surface area contributed by atoms with E-state index < -0.39 is 11.6 Å². The lowest BCUT2D eigenvalue weighted by atomic mass is 9.78. The van der Waals surface area contributed by atoms with Crippen LogP contribution in [0.4, 0.5) is 4.79 Å². The van der Waals surface area contributed by atoms with Gasteiger partial charge in [-0.15, -0.1) is 0 Å². The van der Waals surface area contributed by atoms with Crippen LogP contribution in [0, 0.1) is 0 Å². The number of ether oxygens (including phenoxy) is 2. The predicted molar refractivity (Wildman–Crippen MR) is 94.0 cm³/mol. The molecule has 2 atom stereocenters. The Bertz CT molecular complexity index is 885. The lowest BCUT2D eigenvalue weighted by Crippen LogP contribution is -2.48. The van der Waals surface area contributed by atoms with Gasteiger partial charge in [0.15, 0.2) is 5.54 Å². The highest BCUT2D eigenvalue weighted by molar-refractivity contribution is 6.32. The van der Waals surface area contributed by atoms with Crippen LogP contribution >= 0.6 is 0 Å². The summed E-state index contributed by atoms with van der Waals surface area (Å²) in [6.45, 7) is 0. The Morgan fingerprint density at radius 1 is 1.24 bits per heavy atom. The average molecular weight is 336 g/mol. The number of amides is 3. The standard InChI is InChI=1S/C18H17BN2O4/c1-24-12-4-2-3-10(7-12)15-9-18(16(22)20-17(23)21-18)13-8-11(19)5-6-14(13)25-15/h2-8,15H,9,19H2,1H3,(H2,20,21,22,23). The molecule has 6 nitrogen and oxygen atoms in total. The van der Waals surface area contributed by atoms with Crippen molar-refractivity contribution in [2.24, 2.45) is 0 Å². The number of hydrogen-bond donors (Lipinski definition) is 2. The molecule has 1 saturated heterocycles. The van der Waals surface area contributed by atoms with Crippen LogP contribution in [0.5, 0.6) is 11.5 Å². The molecule has 2 aromatic rings. The molecule has 2 unspecified atom stereocenters. The second-order valence-electron chi connectivity index (χ2n) is 6.40. The zero-order valence-electron chi connectivity index (χ0n) is 14.0. The number of imide groups is 1. The third-order valence-corrected chi connectivity index (χ3v) is 4.76. The molecule has 25 heavy (non-hydrogen) atoms. The predicted octanol–water partition coefficient (Wildman–Crippen LogP) is 0.512. The van der Waals surface area contributed by atoms with Gasteiger partial charge >= 0.3 is 6.03 Å². The summed E-state index contributed by atoms with van der Waals surface area (Å²) in [5.74, 6) is 0.965. The molecule has 0 bridgehead atoms. The molecule has 2 aromatic carbocycles. The molecule has 3 amide bonds. The highest BCUT2D eigenvalue weighted by Gasteiger charge is 2.53. The van der Waals surface area contributed by atoms with E-state index in [0.717, 1.165) is 11.0 Å². The van der Waals surface area contributed by atoms with Crippen LogP contribution in [0.25, 0.3) is 0 Å². The smallest absolute Gasteiger partial charge is 0.322 e. The van der Waals surface area contributed by atoms with E-state index in [9.17, 15) is 9.59 Å². The van der Waals surface area contributed by atoms with Gasteiger partial charge in [-0.2, -0.15) is 0 Å². The summed E-state index contributed by atoms with van der Waals surface area (Å²) in [7, 11) is 3.54. The second kappa shape index (κ2) is 5.55. The van der Waals surface area contributed by atoms with Gasteiger partial charge in [0.05, 0.1) is 7.11 Å². The maximum atomic E-state index is 12.7. The molecule has 0 aliphatic carbocycles. The number of carbonyl (C=O) groups is 2. The van der Waals surface area contributed by atoms with Crippen LogP contribution in [0.15, 0.2) is 42.5 Å². The maximum Gasteiger partial charge on any atom is 0.322 e. The highest BCUT2D eigenvalue weighted by Crippen LogP contribution is 2.45. The normalized spacial score (nSPS) is 24.3. The minimum absolute atomic E-state index is 0.314. The van der Waals surface area contributed by atoms with Gasteiger partial charge < -0.3 is 14.8 Å². The first-order valence-electron chi connectivity index (χ1n) is 8.07. The number of fused-ring (bicyclic) bond motifs is 2. The third kappa shape index (κ3) is 2.43. The van der Waals surface area contributed by atoms with Crippen molar-refractivity contribution in [1.29, 1.82) is 0 Å². The molecule has 7 heteroatoms. The van der Waals surface area contributed by atoms with Crippen molar-refractivity contribution in [3.63, 3.8) is 0 Å². The molecule has 0 radical (unpaired) electrons. The SMILES string of the molecule is Bc1ccc2c(c1)C1(CC(c3cccc(OC)c3)O2)NC(=O)NC1=O. The Morgan fingerprint density at radius 2 is 2.08 bits per heavy atom. The van der Waals surface area contributed by atoms with Crippen molar-refractivity contribution >= 4 is 25.2 Å². The van der Waals surface area contributed by atoms with Crippen molar-refractivity contribution < 1.29 is 19.1 Å². The fourth-order valence-electron chi connectivity index (χ4n) is 3.52. The van der Waals surface area contributed by atoms with Crippen molar-refractivity contribution in [2.45, 2.75) is 18.1 Å². The Kier molecular flexibility index (Phi) is 3.45. The minimum atomic E-state index is -1.12. The molecule has 0 saturated carbocycles. The van der Waals surface area contributed by atoms with Gasteiger partial charge in [0.2, 0.25) is 0 Å². The molecule has 4 rings (SSSR count). The number of benzene rings is 2. The van der Waals surface area contributed by atoms with E-state index in [1.165, 1.54) is 0 Å². The molecule has 1 spiro atoms. The maximum absolute atomic E-state index is 12.7. The first-order chi connectivity index (χ1) is 12.0. The van der Waals surface area contributed by atoms with E-state index in [1.54, 1.807) is 7.11 Å². The van der Waals surface area contributed by atoms with Crippen LogP contribution in [-0.2, 0) is 10.3 Å². The fraction of sp³-hybridized carbons (Fsp3) is 0.222. The van der Waals surface area contributed by atoms with E-state index in [-0.39, 0.29) is 12.0 Å². The molecule has 0 aromatic heterocycles. The minimum Gasteiger partial charge on any atom is -0.497 e. The third-order valence-electron chi connectivity index (χ3n) is 4.76. The number of rotatable bonds is 2. The van der Waals surface area contributed by atoms with E-state index in [4.69, 9.17) is 9.47 Å². The van der Waals surface area contributed by atoms with Crippen molar-refractivity contribution in [3.05, 3.63) is 53.6 Å². The van der Waals surface area contributed by atoms with Crippen LogP contribution < -0.4 is 25.6 Å². The number of hydrogen-bond acceptors (Lipinski definition) is 4. The molecule has 2 aliphatic rings. The Balaban J connectivity index is 1.83. The van der Waals surface area contributed by atoms with Gasteiger partial charge in [0.25, 0.3) is 5.91 Å². The lowest BCUT2D eigenvalue weighted by Gasteiger charge is -2.38. The van der Waals surface area contributed by atoms with Crippen LogP contribution in [0.3, 0.4) is 0 Å². The Labute approximate surface area is 145 Å². The Hall–Kier alpha value is -2.96. The van der Waals surface area contributed by atoms with Gasteiger partial charge in [-0.3, -0.25) is 10.1 Å². The largest absolute Gasteiger partial charge is 0.497 e. The molecule has 2 heterocycles. The van der Waals surface area contributed by atoms with Crippen LogP contribution in [0.1, 0.15) is 23.7 Å². The summed E-state index contributed by atoms with van der Waals surface area (Å²) >= 11 is 0. The summed E-state index contributed by atoms with van der Waals surface area (Å²) < 4.78 is 11.4. The lowest BCUT2D eigenvalue weighted by molar-refractivity contribution is -0.126. The van der Waals surface area contributed by atoms with Gasteiger partial charge in [0.1, 0.15) is 25.4 Å². The van der Waals surface area contributed by atoms with Gasteiger partial charge in [-0.05, 0) is 23.8 Å². The topological polar surface area (TPSA) is 76.7 Å². The van der Waals surface area contributed by atoms with Crippen molar-refractivity contribution in [1.82, 2.24) is 10.6 Å². The zero-order chi connectivity index (χ0) is 17.6. The monoisotopic (exact) mass is 336 g/mol. The second-order valence-corrected chi connectivity index (χ2v) is 6.40. The highest BCUT2D eigenvalue weighted by atomic mass is 16.5. The van der Waals surface area contributed by atoms with E-state index in [2.05, 4.69) is 10.6 Å². The van der Waals surface area contributed by atoms with Gasteiger partial charge in [-0.25, -0.2) is 4.79 Å². The molecule has 1 fully saturated rings. The number of nitrogens with one attached hydrogen (secondary N) is 2. The van der Waals surface area contributed by atoms with Gasteiger partial charge in [-0.1, -0.05) is 29.7 Å². The molecular formula is C18H17BN2O4. The molecule has 2 aliphatic heterocycles. The molecular weight excluding hydrogens is 319 g/mol. The number of carbonyl (C=O) groups excluding carboxylic acids is 2. The molecule has 126 valence electrons. The van der Waals surface area contributed by atoms with Crippen molar-refractivity contribution in [3.8, 4) is 11.5 Å². The zero-order valence-corrected chi connectivity index (χ0v) is 14.0. The summed E-state index contributed by atoms with van der Waals surface area (Å²) in [5, 5.41) is 5.18. The Morgan fingerprint density at radius 3 is 2.80 bits per heavy atom. The van der Waals surface area contributed by atoms with E-state index in [0.29, 0.717) is 23.5 Å². The quantitative estimate of drug-likeness (QED) is 0.619. The summed E-state index contributed by atoms with van der Waals surface area (Å²) in [6.07, 6.45) is -0.0664. The summed E-state index contributed by atoms with van der Waals surface area (Å²) in [5.41, 5.74) is 1.45. The van der Waals surface area contributed by atoms with E-state index >= 15 is 0 Å². The summed E-state index contributed by atoms with van der Waals surface area (Å²) in [4.78, 5) is 24.5. The average Bonchev–Trinajstić information content (AvgIpc) is 2.89. The van der Waals surface area contributed by atoms with E-state index in [1.807, 2.05) is 50.3 Å².